The Kier molecular flexibility index (Phi) is 7.76. The molecule has 7 nitrogen and oxygen atoms in total. The summed E-state index contributed by atoms with van der Waals surface area (Å²) in [6.07, 6.45) is 1.63. The van der Waals surface area contributed by atoms with Crippen LogP contribution in [0.1, 0.15) is 21.5 Å². The molecule has 0 atom stereocenters. The molecule has 178 valence electrons. The van der Waals surface area contributed by atoms with Gasteiger partial charge >= 0.3 is 5.97 Å². The first kappa shape index (κ1) is 24.8. The van der Waals surface area contributed by atoms with Crippen molar-refractivity contribution in [3.05, 3.63) is 91.9 Å². The van der Waals surface area contributed by atoms with Crippen LogP contribution in [0.4, 0.5) is 4.79 Å². The molecule has 0 aliphatic carbocycles. The van der Waals surface area contributed by atoms with Gasteiger partial charge in [0, 0.05) is 0 Å². The number of imide groups is 1. The van der Waals surface area contributed by atoms with Crippen molar-refractivity contribution >= 4 is 57.5 Å². The first-order valence-corrected chi connectivity index (χ1v) is 12.3. The lowest BCUT2D eigenvalue weighted by molar-refractivity contribution is -0.123. The summed E-state index contributed by atoms with van der Waals surface area (Å²) in [4.78, 5) is 39.5. The first-order valence-electron chi connectivity index (χ1n) is 10.4. The van der Waals surface area contributed by atoms with Crippen LogP contribution in [0.3, 0.4) is 0 Å². The molecule has 0 radical (unpaired) electrons. The smallest absolute Gasteiger partial charge is 0.343 e. The van der Waals surface area contributed by atoms with Gasteiger partial charge in [0.05, 0.1) is 34.8 Å². The van der Waals surface area contributed by atoms with Crippen molar-refractivity contribution < 1.29 is 28.6 Å². The normalized spacial score (nSPS) is 14.4. The molecular formula is C26H20INO6S. The van der Waals surface area contributed by atoms with Gasteiger partial charge in [0.1, 0.15) is 5.75 Å². The highest BCUT2D eigenvalue weighted by Crippen LogP contribution is 2.38. The number of hydrogen-bond donors (Lipinski definition) is 0. The predicted molar refractivity (Wildman–Crippen MR) is 142 cm³/mol. The third kappa shape index (κ3) is 5.68. The van der Waals surface area contributed by atoms with Crippen molar-refractivity contribution in [2.24, 2.45) is 0 Å². The number of carbonyl (C=O) groups excluding carboxylic acids is 3. The maximum Gasteiger partial charge on any atom is 0.343 e. The highest BCUT2D eigenvalue weighted by Gasteiger charge is 2.35. The fraction of sp³-hybridized carbons (Fsp3) is 0.115. The molecular weight excluding hydrogens is 581 g/mol. The summed E-state index contributed by atoms with van der Waals surface area (Å²) in [5.41, 5.74) is 1.87. The number of hydrogen-bond acceptors (Lipinski definition) is 7. The molecule has 35 heavy (non-hydrogen) atoms. The summed E-state index contributed by atoms with van der Waals surface area (Å²) in [5, 5.41) is -0.322. The summed E-state index contributed by atoms with van der Waals surface area (Å²) in [6, 6.07) is 19.3. The minimum absolute atomic E-state index is 0.212. The number of nitrogens with zero attached hydrogens (tertiary/aromatic N) is 1. The maximum absolute atomic E-state index is 12.9. The van der Waals surface area contributed by atoms with E-state index in [-0.39, 0.29) is 23.4 Å². The van der Waals surface area contributed by atoms with Gasteiger partial charge in [0.25, 0.3) is 11.1 Å². The topological polar surface area (TPSA) is 82.1 Å². The van der Waals surface area contributed by atoms with Crippen molar-refractivity contribution in [1.29, 1.82) is 0 Å². The molecule has 0 unspecified atom stereocenters. The minimum atomic E-state index is -0.543. The van der Waals surface area contributed by atoms with E-state index in [2.05, 4.69) is 0 Å². The number of methoxy groups -OCH3 is 2. The monoisotopic (exact) mass is 601 g/mol. The molecule has 1 aliphatic rings. The summed E-state index contributed by atoms with van der Waals surface area (Å²) < 4.78 is 16.8. The summed E-state index contributed by atoms with van der Waals surface area (Å²) in [7, 11) is 3.01. The van der Waals surface area contributed by atoms with Crippen LogP contribution in [0, 0.1) is 3.57 Å². The van der Waals surface area contributed by atoms with Gasteiger partial charge in [-0.1, -0.05) is 30.3 Å². The molecule has 0 spiro atoms. The van der Waals surface area contributed by atoms with Crippen LogP contribution < -0.4 is 14.2 Å². The SMILES string of the molecule is COc1ccc(C(=O)Oc2c(I)cc(/C=C3\SC(=O)N(Cc4ccccc4)C3=O)cc2OC)cc1. The first-order chi connectivity index (χ1) is 16.9. The molecule has 4 rings (SSSR count). The molecule has 0 N–H and O–H groups in total. The van der Waals surface area contributed by atoms with E-state index in [1.165, 1.54) is 12.0 Å². The molecule has 2 amide bonds. The van der Waals surface area contributed by atoms with Gasteiger partial charge in [-0.25, -0.2) is 4.79 Å². The zero-order valence-electron chi connectivity index (χ0n) is 18.8. The third-order valence-corrected chi connectivity index (χ3v) is 6.84. The van der Waals surface area contributed by atoms with Crippen molar-refractivity contribution in [3.8, 4) is 17.2 Å². The number of carbonyl (C=O) groups is 3. The largest absolute Gasteiger partial charge is 0.497 e. The summed E-state index contributed by atoms with van der Waals surface area (Å²) in [6.45, 7) is 0.212. The van der Waals surface area contributed by atoms with Gasteiger partial charge < -0.3 is 14.2 Å². The van der Waals surface area contributed by atoms with Crippen molar-refractivity contribution in [2.75, 3.05) is 14.2 Å². The molecule has 1 heterocycles. The van der Waals surface area contributed by atoms with E-state index >= 15 is 0 Å². The highest BCUT2D eigenvalue weighted by atomic mass is 127. The lowest BCUT2D eigenvalue weighted by atomic mass is 10.1. The molecule has 1 aliphatic heterocycles. The predicted octanol–water partition coefficient (Wildman–Crippen LogP) is 5.76. The lowest BCUT2D eigenvalue weighted by Crippen LogP contribution is -2.27. The Morgan fingerprint density at radius 2 is 1.71 bits per heavy atom. The lowest BCUT2D eigenvalue weighted by Gasteiger charge is -2.13. The Hall–Kier alpha value is -3.31. The van der Waals surface area contributed by atoms with Crippen LogP contribution in [0.2, 0.25) is 0 Å². The standard InChI is InChI=1S/C26H20INO6S/c1-32-19-10-8-18(9-11-19)25(30)34-23-20(27)12-17(13-21(23)33-2)14-22-24(29)28(26(31)35-22)15-16-6-4-3-5-7-16/h3-14H,15H2,1-2H3/b22-14-. The van der Waals surface area contributed by atoms with Crippen molar-refractivity contribution in [3.63, 3.8) is 0 Å². The Labute approximate surface area is 220 Å². The molecule has 3 aromatic carbocycles. The van der Waals surface area contributed by atoms with Gasteiger partial charge in [0.15, 0.2) is 11.5 Å². The number of halogens is 1. The van der Waals surface area contributed by atoms with Gasteiger partial charge in [-0.2, -0.15) is 0 Å². The molecule has 0 aromatic heterocycles. The fourth-order valence-corrected chi connectivity index (χ4v) is 4.93. The van der Waals surface area contributed by atoms with Crippen molar-refractivity contribution in [1.82, 2.24) is 4.90 Å². The van der Waals surface area contributed by atoms with Crippen LogP contribution in [-0.2, 0) is 11.3 Å². The van der Waals surface area contributed by atoms with Crippen LogP contribution in [-0.4, -0.2) is 36.2 Å². The number of esters is 1. The Morgan fingerprint density at radius 3 is 2.37 bits per heavy atom. The summed E-state index contributed by atoms with van der Waals surface area (Å²) >= 11 is 2.93. The number of amides is 2. The fourth-order valence-electron chi connectivity index (χ4n) is 3.35. The quantitative estimate of drug-likeness (QED) is 0.147. The van der Waals surface area contributed by atoms with Crippen LogP contribution in [0.25, 0.3) is 6.08 Å². The molecule has 1 saturated heterocycles. The van der Waals surface area contributed by atoms with Crippen LogP contribution in [0.15, 0.2) is 71.6 Å². The van der Waals surface area contributed by atoms with Gasteiger partial charge in [0.2, 0.25) is 0 Å². The van der Waals surface area contributed by atoms with E-state index in [9.17, 15) is 14.4 Å². The average Bonchev–Trinajstić information content (AvgIpc) is 3.13. The molecule has 0 bridgehead atoms. The molecule has 3 aromatic rings. The second-order valence-corrected chi connectivity index (χ2v) is 9.56. The number of thioether (sulfide) groups is 1. The van der Waals surface area contributed by atoms with Crippen LogP contribution >= 0.6 is 34.4 Å². The van der Waals surface area contributed by atoms with Gasteiger partial charge in [-0.3, -0.25) is 14.5 Å². The number of ether oxygens (including phenoxy) is 3. The van der Waals surface area contributed by atoms with Gasteiger partial charge in [-0.15, -0.1) is 0 Å². The molecule has 9 heteroatoms. The molecule has 1 fully saturated rings. The zero-order chi connectivity index (χ0) is 24.9. The van der Waals surface area contributed by atoms with E-state index in [0.29, 0.717) is 31.1 Å². The van der Waals surface area contributed by atoms with Gasteiger partial charge in [-0.05, 0) is 88.0 Å². The summed E-state index contributed by atoms with van der Waals surface area (Å²) in [5.74, 6) is 0.328. The molecule has 0 saturated carbocycles. The van der Waals surface area contributed by atoms with Crippen LogP contribution in [0.5, 0.6) is 17.2 Å². The Balaban J connectivity index is 1.55. The third-order valence-electron chi connectivity index (χ3n) is 5.13. The second kappa shape index (κ2) is 11.0. The minimum Gasteiger partial charge on any atom is -0.497 e. The Bertz CT molecular complexity index is 1310. The zero-order valence-corrected chi connectivity index (χ0v) is 21.8. The van der Waals surface area contributed by atoms with E-state index in [4.69, 9.17) is 14.2 Å². The van der Waals surface area contributed by atoms with Crippen molar-refractivity contribution in [2.45, 2.75) is 6.54 Å². The van der Waals surface area contributed by atoms with E-state index in [1.54, 1.807) is 49.6 Å². The van der Waals surface area contributed by atoms with E-state index in [1.807, 2.05) is 52.9 Å². The average molecular weight is 601 g/mol. The van der Waals surface area contributed by atoms with E-state index in [0.717, 1.165) is 17.3 Å². The number of rotatable bonds is 7. The number of benzene rings is 3. The second-order valence-electron chi connectivity index (χ2n) is 7.41. The Morgan fingerprint density at radius 1 is 1.00 bits per heavy atom. The maximum atomic E-state index is 12.9. The highest BCUT2D eigenvalue weighted by molar-refractivity contribution is 14.1. The van der Waals surface area contributed by atoms with E-state index < -0.39 is 5.97 Å².